The molecule has 1 saturated carbocycles. The van der Waals surface area contributed by atoms with E-state index in [2.05, 4.69) is 23.2 Å². The van der Waals surface area contributed by atoms with E-state index in [1.165, 1.54) is 38.8 Å². The lowest BCUT2D eigenvalue weighted by molar-refractivity contribution is 0.140. The molecule has 2 unspecified atom stereocenters. The van der Waals surface area contributed by atoms with Gasteiger partial charge < -0.3 is 9.73 Å². The second-order valence-corrected chi connectivity index (χ2v) is 5.91. The molecule has 3 rings (SSSR count). The highest BCUT2D eigenvalue weighted by molar-refractivity contribution is 5.00. The maximum absolute atomic E-state index is 5.45. The third kappa shape index (κ3) is 3.15. The van der Waals surface area contributed by atoms with Gasteiger partial charge in [-0.15, -0.1) is 0 Å². The van der Waals surface area contributed by atoms with Crippen LogP contribution in [0.3, 0.4) is 0 Å². The standard InChI is InChI=1S/C15H24N2O/c1-12(10-15-5-3-9-18-15)17-8-2-4-14(11-17)16-13-6-7-13/h3,5,9,12-14,16H,2,4,6-8,10-11H2,1H3. The zero-order valence-corrected chi connectivity index (χ0v) is 11.3. The second kappa shape index (κ2) is 5.45. The van der Waals surface area contributed by atoms with Crippen LogP contribution in [-0.2, 0) is 6.42 Å². The van der Waals surface area contributed by atoms with Gasteiger partial charge in [0.15, 0.2) is 0 Å². The van der Waals surface area contributed by atoms with E-state index in [1.807, 2.05) is 6.07 Å². The van der Waals surface area contributed by atoms with Crippen LogP contribution in [0.2, 0.25) is 0 Å². The van der Waals surface area contributed by atoms with Crippen LogP contribution in [0.5, 0.6) is 0 Å². The van der Waals surface area contributed by atoms with Crippen molar-refractivity contribution in [1.29, 1.82) is 0 Å². The van der Waals surface area contributed by atoms with E-state index < -0.39 is 0 Å². The van der Waals surface area contributed by atoms with Gasteiger partial charge in [0.1, 0.15) is 5.76 Å². The van der Waals surface area contributed by atoms with Gasteiger partial charge in [-0.3, -0.25) is 4.90 Å². The first-order valence-corrected chi connectivity index (χ1v) is 7.34. The average Bonchev–Trinajstić information content (AvgIpc) is 3.04. The van der Waals surface area contributed by atoms with Crippen LogP contribution in [0.25, 0.3) is 0 Å². The molecule has 100 valence electrons. The molecule has 18 heavy (non-hydrogen) atoms. The van der Waals surface area contributed by atoms with E-state index in [0.29, 0.717) is 12.1 Å². The number of nitrogens with one attached hydrogen (secondary N) is 1. The molecule has 1 aliphatic carbocycles. The topological polar surface area (TPSA) is 28.4 Å². The van der Waals surface area contributed by atoms with Gasteiger partial charge in [0.05, 0.1) is 6.26 Å². The molecule has 2 heterocycles. The monoisotopic (exact) mass is 248 g/mol. The third-order valence-corrected chi connectivity index (χ3v) is 4.20. The zero-order valence-electron chi connectivity index (χ0n) is 11.3. The maximum Gasteiger partial charge on any atom is 0.105 e. The Kier molecular flexibility index (Phi) is 3.71. The summed E-state index contributed by atoms with van der Waals surface area (Å²) < 4.78 is 5.45. The van der Waals surface area contributed by atoms with Crippen LogP contribution >= 0.6 is 0 Å². The van der Waals surface area contributed by atoms with E-state index in [4.69, 9.17) is 4.42 Å². The zero-order chi connectivity index (χ0) is 12.4. The fourth-order valence-corrected chi connectivity index (χ4v) is 2.98. The van der Waals surface area contributed by atoms with Gasteiger partial charge in [-0.1, -0.05) is 0 Å². The van der Waals surface area contributed by atoms with Crippen LogP contribution in [0.15, 0.2) is 22.8 Å². The van der Waals surface area contributed by atoms with Gasteiger partial charge in [-0.05, 0) is 51.3 Å². The molecule has 2 atom stereocenters. The molecular formula is C15H24N2O. The van der Waals surface area contributed by atoms with E-state index in [0.717, 1.165) is 18.2 Å². The van der Waals surface area contributed by atoms with Crippen LogP contribution in [0, 0.1) is 0 Å². The molecule has 2 aliphatic rings. The molecule has 1 saturated heterocycles. The van der Waals surface area contributed by atoms with Gasteiger partial charge in [0, 0.05) is 31.1 Å². The van der Waals surface area contributed by atoms with Crippen molar-refractivity contribution >= 4 is 0 Å². The van der Waals surface area contributed by atoms with E-state index in [9.17, 15) is 0 Å². The first kappa shape index (κ1) is 12.2. The minimum absolute atomic E-state index is 0.583. The molecule has 0 spiro atoms. The Morgan fingerprint density at radius 2 is 2.28 bits per heavy atom. The summed E-state index contributed by atoms with van der Waals surface area (Å²) in [4.78, 5) is 2.62. The molecule has 0 amide bonds. The minimum Gasteiger partial charge on any atom is -0.469 e. The van der Waals surface area contributed by atoms with Crippen molar-refractivity contribution < 1.29 is 4.42 Å². The lowest BCUT2D eigenvalue weighted by Gasteiger charge is -2.37. The van der Waals surface area contributed by atoms with E-state index in [-0.39, 0.29) is 0 Å². The summed E-state index contributed by atoms with van der Waals surface area (Å²) >= 11 is 0. The van der Waals surface area contributed by atoms with Gasteiger partial charge in [0.25, 0.3) is 0 Å². The number of likely N-dealkylation sites (tertiary alicyclic amines) is 1. The largest absolute Gasteiger partial charge is 0.469 e. The van der Waals surface area contributed by atoms with Gasteiger partial charge in [-0.25, -0.2) is 0 Å². The van der Waals surface area contributed by atoms with Gasteiger partial charge in [-0.2, -0.15) is 0 Å². The second-order valence-electron chi connectivity index (χ2n) is 5.91. The SMILES string of the molecule is CC(Cc1ccco1)N1CCCC(NC2CC2)C1. The number of hydrogen-bond acceptors (Lipinski definition) is 3. The van der Waals surface area contributed by atoms with Crippen LogP contribution in [0.4, 0.5) is 0 Å². The number of nitrogens with zero attached hydrogens (tertiary/aromatic N) is 1. The Morgan fingerprint density at radius 3 is 3.00 bits per heavy atom. The quantitative estimate of drug-likeness (QED) is 0.867. The summed E-state index contributed by atoms with van der Waals surface area (Å²) in [5, 5.41) is 3.77. The van der Waals surface area contributed by atoms with Crippen LogP contribution in [0.1, 0.15) is 38.4 Å². The first-order valence-electron chi connectivity index (χ1n) is 7.34. The maximum atomic E-state index is 5.45. The predicted molar refractivity (Wildman–Crippen MR) is 72.6 cm³/mol. The summed E-state index contributed by atoms with van der Waals surface area (Å²) in [5.41, 5.74) is 0. The Labute approximate surface area is 110 Å². The number of piperidine rings is 1. The van der Waals surface area contributed by atoms with Crippen molar-refractivity contribution in [1.82, 2.24) is 10.2 Å². The summed E-state index contributed by atoms with van der Waals surface area (Å²) in [6.07, 6.45) is 8.25. The number of hydrogen-bond donors (Lipinski definition) is 1. The predicted octanol–water partition coefficient (Wildman–Crippen LogP) is 2.43. The molecule has 0 radical (unpaired) electrons. The minimum atomic E-state index is 0.583. The molecule has 0 aromatic carbocycles. The van der Waals surface area contributed by atoms with Gasteiger partial charge >= 0.3 is 0 Å². The van der Waals surface area contributed by atoms with Crippen LogP contribution in [-0.4, -0.2) is 36.1 Å². The van der Waals surface area contributed by atoms with Crippen LogP contribution < -0.4 is 5.32 Å². The molecular weight excluding hydrogens is 224 g/mol. The van der Waals surface area contributed by atoms with E-state index >= 15 is 0 Å². The van der Waals surface area contributed by atoms with E-state index in [1.54, 1.807) is 6.26 Å². The van der Waals surface area contributed by atoms with Crippen molar-refractivity contribution in [2.75, 3.05) is 13.1 Å². The Balaban J connectivity index is 1.50. The molecule has 1 N–H and O–H groups in total. The number of furan rings is 1. The van der Waals surface area contributed by atoms with Crippen molar-refractivity contribution in [2.45, 2.75) is 57.2 Å². The molecule has 2 fully saturated rings. The molecule has 0 bridgehead atoms. The highest BCUT2D eigenvalue weighted by Gasteiger charge is 2.29. The molecule has 3 heteroatoms. The summed E-state index contributed by atoms with van der Waals surface area (Å²) in [5.74, 6) is 1.11. The van der Waals surface area contributed by atoms with Gasteiger partial charge in [0.2, 0.25) is 0 Å². The molecule has 1 aromatic heterocycles. The summed E-state index contributed by atoms with van der Waals surface area (Å²) in [6.45, 7) is 4.77. The fourth-order valence-electron chi connectivity index (χ4n) is 2.98. The molecule has 3 nitrogen and oxygen atoms in total. The normalized spacial score (nSPS) is 27.3. The first-order chi connectivity index (χ1) is 8.81. The lowest BCUT2D eigenvalue weighted by Crippen LogP contribution is -2.49. The lowest BCUT2D eigenvalue weighted by atomic mass is 10.0. The number of rotatable bonds is 5. The Hall–Kier alpha value is -0.800. The van der Waals surface area contributed by atoms with Crippen molar-refractivity contribution in [3.05, 3.63) is 24.2 Å². The highest BCUT2D eigenvalue weighted by atomic mass is 16.3. The highest BCUT2D eigenvalue weighted by Crippen LogP contribution is 2.23. The summed E-state index contributed by atoms with van der Waals surface area (Å²) in [6, 6.07) is 6.19. The fraction of sp³-hybridized carbons (Fsp3) is 0.733. The summed E-state index contributed by atoms with van der Waals surface area (Å²) in [7, 11) is 0. The van der Waals surface area contributed by atoms with Crippen molar-refractivity contribution in [3.63, 3.8) is 0 Å². The van der Waals surface area contributed by atoms with Crippen molar-refractivity contribution in [2.24, 2.45) is 0 Å². The average molecular weight is 248 g/mol. The molecule has 1 aliphatic heterocycles. The van der Waals surface area contributed by atoms with Crippen molar-refractivity contribution in [3.8, 4) is 0 Å². The smallest absolute Gasteiger partial charge is 0.105 e. The third-order valence-electron chi connectivity index (χ3n) is 4.20. The Morgan fingerprint density at radius 1 is 1.39 bits per heavy atom. The molecule has 1 aromatic rings. The Bertz CT molecular complexity index is 359.